The van der Waals surface area contributed by atoms with Gasteiger partial charge in [-0.1, -0.05) is 35.9 Å². The lowest BCUT2D eigenvalue weighted by Crippen LogP contribution is -2.13. The minimum Gasteiger partial charge on any atom is -0.307 e. The third kappa shape index (κ3) is 2.83. The van der Waals surface area contributed by atoms with Crippen LogP contribution >= 0.6 is 0 Å². The molecule has 5 heteroatoms. The Morgan fingerprint density at radius 1 is 1.05 bits per heavy atom. The van der Waals surface area contributed by atoms with E-state index in [4.69, 9.17) is 0 Å². The molecule has 0 spiro atoms. The average molecular weight is 293 g/mol. The van der Waals surface area contributed by atoms with Crippen molar-refractivity contribution in [2.75, 3.05) is 5.32 Å². The van der Waals surface area contributed by atoms with Gasteiger partial charge in [-0.2, -0.15) is 0 Å². The fraction of sp³-hybridized carbons (Fsp3) is 0.0588. The second-order valence-electron chi connectivity index (χ2n) is 5.00. The molecule has 1 heterocycles. The first-order valence-electron chi connectivity index (χ1n) is 6.89. The van der Waals surface area contributed by atoms with Crippen LogP contribution < -0.4 is 10.9 Å². The molecule has 0 aliphatic rings. The maximum absolute atomic E-state index is 12.1. The van der Waals surface area contributed by atoms with Gasteiger partial charge in [-0.3, -0.25) is 14.7 Å². The van der Waals surface area contributed by atoms with E-state index in [0.717, 1.165) is 5.56 Å². The van der Waals surface area contributed by atoms with E-state index < -0.39 is 0 Å². The van der Waals surface area contributed by atoms with E-state index in [0.29, 0.717) is 17.1 Å². The van der Waals surface area contributed by atoms with Crippen LogP contribution in [0.1, 0.15) is 15.9 Å². The number of rotatable bonds is 3. The molecule has 0 fully saturated rings. The lowest BCUT2D eigenvalue weighted by Gasteiger charge is -2.04. The van der Waals surface area contributed by atoms with Gasteiger partial charge in [-0.15, -0.1) is 0 Å². The van der Waals surface area contributed by atoms with Crippen molar-refractivity contribution in [2.45, 2.75) is 6.92 Å². The van der Waals surface area contributed by atoms with Gasteiger partial charge in [-0.25, -0.2) is 4.68 Å². The summed E-state index contributed by atoms with van der Waals surface area (Å²) in [7, 11) is 0. The molecule has 3 rings (SSSR count). The minimum atomic E-state index is -0.263. The minimum absolute atomic E-state index is 0.231. The summed E-state index contributed by atoms with van der Waals surface area (Å²) in [5, 5.41) is 5.58. The molecular weight excluding hydrogens is 278 g/mol. The van der Waals surface area contributed by atoms with E-state index in [9.17, 15) is 9.59 Å². The van der Waals surface area contributed by atoms with Gasteiger partial charge in [0.25, 0.3) is 11.5 Å². The molecule has 2 N–H and O–H groups in total. The van der Waals surface area contributed by atoms with Crippen molar-refractivity contribution in [1.29, 1.82) is 0 Å². The molecular formula is C17H15N3O2. The maximum Gasteiger partial charge on any atom is 0.273 e. The fourth-order valence-electron chi connectivity index (χ4n) is 2.13. The number of para-hydroxylation sites is 1. The number of nitrogens with one attached hydrogen (secondary N) is 2. The first-order chi connectivity index (χ1) is 10.6. The number of anilines is 1. The number of H-pyrrole nitrogens is 1. The zero-order valence-electron chi connectivity index (χ0n) is 12.0. The molecule has 0 aliphatic heterocycles. The van der Waals surface area contributed by atoms with Crippen LogP contribution in [0.25, 0.3) is 5.69 Å². The zero-order chi connectivity index (χ0) is 15.5. The Kier molecular flexibility index (Phi) is 3.62. The summed E-state index contributed by atoms with van der Waals surface area (Å²) < 4.78 is 1.38. The van der Waals surface area contributed by atoms with E-state index in [1.807, 2.05) is 49.4 Å². The van der Waals surface area contributed by atoms with Gasteiger partial charge >= 0.3 is 0 Å². The summed E-state index contributed by atoms with van der Waals surface area (Å²) in [5.41, 5.74) is 2.10. The molecule has 22 heavy (non-hydrogen) atoms. The number of aryl methyl sites for hydroxylation is 1. The third-order valence-electron chi connectivity index (χ3n) is 3.30. The van der Waals surface area contributed by atoms with E-state index in [-0.39, 0.29) is 11.5 Å². The molecule has 0 atom stereocenters. The Balaban J connectivity index is 1.83. The third-order valence-corrected chi connectivity index (χ3v) is 3.30. The number of hydrogen-bond acceptors (Lipinski definition) is 2. The fourth-order valence-corrected chi connectivity index (χ4v) is 2.13. The largest absolute Gasteiger partial charge is 0.307 e. The van der Waals surface area contributed by atoms with Crippen molar-refractivity contribution in [2.24, 2.45) is 0 Å². The Morgan fingerprint density at radius 3 is 2.41 bits per heavy atom. The second kappa shape index (κ2) is 5.73. The van der Waals surface area contributed by atoms with Gasteiger partial charge in [0.05, 0.1) is 5.69 Å². The van der Waals surface area contributed by atoms with Crippen LogP contribution in [0.3, 0.4) is 0 Å². The highest BCUT2D eigenvalue weighted by atomic mass is 16.2. The zero-order valence-corrected chi connectivity index (χ0v) is 12.0. The summed E-state index contributed by atoms with van der Waals surface area (Å²) in [4.78, 5) is 24.1. The van der Waals surface area contributed by atoms with Gasteiger partial charge in [0.1, 0.15) is 5.82 Å². The van der Waals surface area contributed by atoms with Crippen molar-refractivity contribution < 1.29 is 4.79 Å². The molecule has 0 saturated heterocycles. The Hall–Kier alpha value is -3.08. The number of carbonyl (C=O) groups excluding carboxylic acids is 1. The van der Waals surface area contributed by atoms with Crippen LogP contribution in [0.4, 0.5) is 5.82 Å². The average Bonchev–Trinajstić information content (AvgIpc) is 2.89. The lowest BCUT2D eigenvalue weighted by molar-refractivity contribution is 0.102. The van der Waals surface area contributed by atoms with Gasteiger partial charge in [-0.05, 0) is 31.2 Å². The molecule has 1 aromatic heterocycles. The SMILES string of the molecule is Cc1ccc(C(=O)Nc2cc(=O)n(-c3ccccc3)[nH]2)cc1. The van der Waals surface area contributed by atoms with Crippen molar-refractivity contribution in [3.63, 3.8) is 0 Å². The van der Waals surface area contributed by atoms with E-state index >= 15 is 0 Å². The number of aromatic amines is 1. The van der Waals surface area contributed by atoms with Crippen molar-refractivity contribution in [1.82, 2.24) is 9.78 Å². The molecule has 1 amide bonds. The number of hydrogen-bond donors (Lipinski definition) is 2. The quantitative estimate of drug-likeness (QED) is 0.779. The van der Waals surface area contributed by atoms with Crippen LogP contribution in [-0.4, -0.2) is 15.7 Å². The van der Waals surface area contributed by atoms with Crippen molar-refractivity contribution in [3.8, 4) is 5.69 Å². The first kappa shape index (κ1) is 13.9. The Labute approximate surface area is 127 Å². The van der Waals surface area contributed by atoms with Crippen LogP contribution in [0, 0.1) is 6.92 Å². The topological polar surface area (TPSA) is 66.9 Å². The highest BCUT2D eigenvalue weighted by Gasteiger charge is 2.09. The molecule has 0 aliphatic carbocycles. The summed E-state index contributed by atoms with van der Waals surface area (Å²) in [6, 6.07) is 17.8. The Morgan fingerprint density at radius 2 is 1.73 bits per heavy atom. The highest BCUT2D eigenvalue weighted by Crippen LogP contribution is 2.09. The van der Waals surface area contributed by atoms with Crippen LogP contribution in [0.5, 0.6) is 0 Å². The van der Waals surface area contributed by atoms with Gasteiger partial charge < -0.3 is 5.32 Å². The second-order valence-corrected chi connectivity index (χ2v) is 5.00. The number of benzene rings is 2. The van der Waals surface area contributed by atoms with Gasteiger partial charge in [0.15, 0.2) is 0 Å². The smallest absolute Gasteiger partial charge is 0.273 e. The van der Waals surface area contributed by atoms with Gasteiger partial charge in [0, 0.05) is 11.6 Å². The van der Waals surface area contributed by atoms with E-state index in [1.165, 1.54) is 10.7 Å². The summed E-state index contributed by atoms with van der Waals surface area (Å²) in [6.07, 6.45) is 0. The van der Waals surface area contributed by atoms with Crippen LogP contribution in [0.2, 0.25) is 0 Å². The first-order valence-corrected chi connectivity index (χ1v) is 6.89. The lowest BCUT2D eigenvalue weighted by atomic mass is 10.1. The standard InChI is InChI=1S/C17H15N3O2/c1-12-7-9-13(10-8-12)17(22)18-15-11-16(21)20(19-15)14-5-3-2-4-6-14/h2-11,19H,1H3,(H,18,22). The predicted octanol–water partition coefficient (Wildman–Crippen LogP) is 2.73. The molecule has 0 radical (unpaired) electrons. The Bertz CT molecular complexity index is 846. The van der Waals surface area contributed by atoms with Gasteiger partial charge in [0.2, 0.25) is 0 Å². The van der Waals surface area contributed by atoms with Crippen molar-refractivity contribution >= 4 is 11.7 Å². The number of nitrogens with zero attached hydrogens (tertiary/aromatic N) is 1. The summed E-state index contributed by atoms with van der Waals surface area (Å²) in [5.74, 6) is 0.0980. The van der Waals surface area contributed by atoms with E-state index in [1.54, 1.807) is 12.1 Å². The normalized spacial score (nSPS) is 10.4. The molecule has 3 aromatic rings. The number of aromatic nitrogens is 2. The number of carbonyl (C=O) groups is 1. The molecule has 5 nitrogen and oxygen atoms in total. The molecule has 110 valence electrons. The van der Waals surface area contributed by atoms with E-state index in [2.05, 4.69) is 10.4 Å². The molecule has 0 saturated carbocycles. The van der Waals surface area contributed by atoms with Crippen LogP contribution in [-0.2, 0) is 0 Å². The predicted molar refractivity (Wildman–Crippen MR) is 85.5 cm³/mol. The molecule has 0 unspecified atom stereocenters. The molecule has 0 bridgehead atoms. The summed E-state index contributed by atoms with van der Waals surface area (Å²) in [6.45, 7) is 1.96. The van der Waals surface area contributed by atoms with Crippen molar-refractivity contribution in [3.05, 3.63) is 82.1 Å². The monoisotopic (exact) mass is 293 g/mol. The van der Waals surface area contributed by atoms with Crippen LogP contribution in [0.15, 0.2) is 65.5 Å². The highest BCUT2D eigenvalue weighted by molar-refractivity contribution is 6.03. The maximum atomic E-state index is 12.1. The number of amides is 1. The molecule has 2 aromatic carbocycles. The summed E-state index contributed by atoms with van der Waals surface area (Å²) >= 11 is 0.